The van der Waals surface area contributed by atoms with Crippen molar-refractivity contribution >= 4 is 37.8 Å². The van der Waals surface area contributed by atoms with Gasteiger partial charge in [0.25, 0.3) is 0 Å². The summed E-state index contributed by atoms with van der Waals surface area (Å²) in [5.41, 5.74) is 0. The summed E-state index contributed by atoms with van der Waals surface area (Å²) in [4.78, 5) is 11.2. The van der Waals surface area contributed by atoms with E-state index in [2.05, 4.69) is 50.9 Å². The van der Waals surface area contributed by atoms with Crippen LogP contribution in [0.1, 0.15) is 84.0 Å². The minimum absolute atomic E-state index is 0.233. The number of carbonyl (C=O) groups excluding carboxylic acids is 1. The third-order valence-electron chi connectivity index (χ3n) is 3.58. The Kier molecular flexibility index (Phi) is 17.7. The van der Waals surface area contributed by atoms with Gasteiger partial charge in [0, 0.05) is 0 Å². The zero-order valence-electron chi connectivity index (χ0n) is 14.0. The van der Waals surface area contributed by atoms with E-state index in [9.17, 15) is 4.79 Å². The molecule has 0 fully saturated rings. The van der Waals surface area contributed by atoms with E-state index in [-0.39, 0.29) is 9.71 Å². The summed E-state index contributed by atoms with van der Waals surface area (Å²) in [5.74, 6) is -0.233. The van der Waals surface area contributed by atoms with E-state index in [4.69, 9.17) is 4.74 Å². The lowest BCUT2D eigenvalue weighted by molar-refractivity contribution is -0.141. The van der Waals surface area contributed by atoms with E-state index in [0.717, 1.165) is 12.8 Å². The molecule has 0 bridgehead atoms. The Morgan fingerprint density at radius 2 is 1.36 bits per heavy atom. The molecule has 130 valence electrons. The number of esters is 1. The van der Waals surface area contributed by atoms with Crippen LogP contribution in [0, 0.1) is 0 Å². The normalized spacial score (nSPS) is 11.5. The molecule has 0 rings (SSSR count). The summed E-state index contributed by atoms with van der Waals surface area (Å²) in [7, 11) is 0. The van der Waals surface area contributed by atoms with Crippen molar-refractivity contribution in [3.05, 3.63) is 12.2 Å². The Labute approximate surface area is 153 Å². The third-order valence-corrected chi connectivity index (χ3v) is 4.33. The highest BCUT2D eigenvalue weighted by atomic mass is 79.9. The molecule has 0 saturated heterocycles. The Morgan fingerprint density at radius 3 is 1.91 bits per heavy atom. The minimum Gasteiger partial charge on any atom is -0.464 e. The second kappa shape index (κ2) is 17.5. The van der Waals surface area contributed by atoms with E-state index in [1.54, 1.807) is 0 Å². The average Bonchev–Trinajstić information content (AvgIpc) is 2.50. The Morgan fingerprint density at radius 1 is 0.864 bits per heavy atom. The monoisotopic (exact) mass is 438 g/mol. The summed E-state index contributed by atoms with van der Waals surface area (Å²) in [5, 5.41) is 0. The molecule has 22 heavy (non-hydrogen) atoms. The molecule has 0 aromatic heterocycles. The van der Waals surface area contributed by atoms with Crippen molar-refractivity contribution in [2.45, 2.75) is 87.7 Å². The number of alkyl halides is 2. The van der Waals surface area contributed by atoms with Crippen molar-refractivity contribution in [1.29, 1.82) is 0 Å². The summed E-state index contributed by atoms with van der Waals surface area (Å²) >= 11 is 6.24. The molecule has 0 amide bonds. The van der Waals surface area contributed by atoms with E-state index < -0.39 is 0 Å². The van der Waals surface area contributed by atoms with Crippen LogP contribution in [0.25, 0.3) is 0 Å². The molecule has 0 aliphatic carbocycles. The maximum atomic E-state index is 11.2. The van der Waals surface area contributed by atoms with Crippen molar-refractivity contribution in [3.63, 3.8) is 0 Å². The van der Waals surface area contributed by atoms with Crippen molar-refractivity contribution in [2.24, 2.45) is 0 Å². The third kappa shape index (κ3) is 16.5. The first-order chi connectivity index (χ1) is 10.7. The number of unbranched alkanes of at least 4 members (excludes halogenated alkanes) is 10. The lowest BCUT2D eigenvalue weighted by Crippen LogP contribution is -2.12. The number of allylic oxidation sites excluding steroid dienone is 2. The van der Waals surface area contributed by atoms with Crippen molar-refractivity contribution in [3.8, 4) is 0 Å². The first kappa shape index (κ1) is 22.2. The van der Waals surface area contributed by atoms with Crippen molar-refractivity contribution < 1.29 is 9.53 Å². The van der Waals surface area contributed by atoms with Crippen LogP contribution in [0.5, 0.6) is 0 Å². The molecule has 0 radical (unpaired) electrons. The van der Waals surface area contributed by atoms with E-state index in [1.807, 2.05) is 0 Å². The molecule has 0 heterocycles. The van der Waals surface area contributed by atoms with Crippen LogP contribution >= 0.6 is 31.9 Å². The maximum Gasteiger partial charge on any atom is 0.330 e. The highest BCUT2D eigenvalue weighted by Crippen LogP contribution is 2.12. The summed E-state index contributed by atoms with van der Waals surface area (Å²) in [6, 6.07) is 0. The van der Waals surface area contributed by atoms with Crippen molar-refractivity contribution in [2.75, 3.05) is 6.61 Å². The molecule has 0 N–H and O–H groups in total. The first-order valence-electron chi connectivity index (χ1n) is 8.78. The number of hydrogen-bond donors (Lipinski definition) is 0. The lowest BCUT2D eigenvalue weighted by atomic mass is 10.1. The molecular formula is C18H32Br2O2. The summed E-state index contributed by atoms with van der Waals surface area (Å²) in [6.07, 6.45) is 19.9. The van der Waals surface area contributed by atoms with Gasteiger partial charge in [-0.25, -0.2) is 4.79 Å². The Hall–Kier alpha value is 0.170. The number of hydrogen-bond acceptors (Lipinski definition) is 2. The number of halogens is 2. The molecular weight excluding hydrogens is 408 g/mol. The van der Waals surface area contributed by atoms with E-state index in [1.165, 1.54) is 64.2 Å². The van der Waals surface area contributed by atoms with Crippen LogP contribution in [0.3, 0.4) is 0 Å². The van der Waals surface area contributed by atoms with Gasteiger partial charge in [-0.05, 0) is 25.7 Å². The van der Waals surface area contributed by atoms with Gasteiger partial charge in [-0.3, -0.25) is 0 Å². The second-order valence-electron chi connectivity index (χ2n) is 5.70. The van der Waals surface area contributed by atoms with Gasteiger partial charge < -0.3 is 4.74 Å². The molecule has 0 saturated carbocycles. The highest BCUT2D eigenvalue weighted by Gasteiger charge is 2.10. The second-order valence-corrected chi connectivity index (χ2v) is 8.76. The molecule has 4 heteroatoms. The van der Waals surface area contributed by atoms with E-state index >= 15 is 0 Å². The van der Waals surface area contributed by atoms with Crippen LogP contribution in [0.15, 0.2) is 12.2 Å². The largest absolute Gasteiger partial charge is 0.464 e. The maximum absolute atomic E-state index is 11.2. The zero-order valence-corrected chi connectivity index (χ0v) is 17.2. The quantitative estimate of drug-likeness (QED) is 0.120. The van der Waals surface area contributed by atoms with Gasteiger partial charge in [0.2, 0.25) is 0 Å². The van der Waals surface area contributed by atoms with Crippen molar-refractivity contribution in [1.82, 2.24) is 0 Å². The Balaban J connectivity index is 3.11. The van der Waals surface area contributed by atoms with Gasteiger partial charge in [0.15, 0.2) is 3.74 Å². The summed E-state index contributed by atoms with van der Waals surface area (Å²) < 4.78 is 4.70. The van der Waals surface area contributed by atoms with Crippen LogP contribution in [-0.4, -0.2) is 16.3 Å². The van der Waals surface area contributed by atoms with Gasteiger partial charge in [-0.2, -0.15) is 0 Å². The first-order valence-corrected chi connectivity index (χ1v) is 10.6. The van der Waals surface area contributed by atoms with Gasteiger partial charge in [-0.15, -0.1) is 0 Å². The lowest BCUT2D eigenvalue weighted by Gasteiger charge is -2.05. The SMILES string of the molecule is CCCC/C=C\CCCCCCCCCCOC(=O)C(Br)Br. The number of carbonyl (C=O) groups is 1. The molecule has 0 aromatic carbocycles. The highest BCUT2D eigenvalue weighted by molar-refractivity contribution is 9.25. The molecule has 0 aromatic rings. The molecule has 0 unspecified atom stereocenters. The average molecular weight is 440 g/mol. The topological polar surface area (TPSA) is 26.3 Å². The summed E-state index contributed by atoms with van der Waals surface area (Å²) in [6.45, 7) is 2.78. The van der Waals surface area contributed by atoms with Gasteiger partial charge in [0.1, 0.15) is 0 Å². The fourth-order valence-electron chi connectivity index (χ4n) is 2.22. The number of rotatable bonds is 15. The van der Waals surface area contributed by atoms with Gasteiger partial charge in [-0.1, -0.05) is 102 Å². The molecule has 0 aliphatic heterocycles. The molecule has 0 atom stereocenters. The fourth-order valence-corrected chi connectivity index (χ4v) is 2.48. The zero-order chi connectivity index (χ0) is 16.5. The predicted octanol–water partition coefficient (Wildman–Crippen LogP) is 6.90. The smallest absolute Gasteiger partial charge is 0.330 e. The van der Waals surface area contributed by atoms with Crippen LogP contribution in [0.4, 0.5) is 0 Å². The van der Waals surface area contributed by atoms with Crippen LogP contribution in [0.2, 0.25) is 0 Å². The molecule has 0 aliphatic rings. The van der Waals surface area contributed by atoms with Gasteiger partial charge >= 0.3 is 5.97 Å². The van der Waals surface area contributed by atoms with Crippen LogP contribution < -0.4 is 0 Å². The fraction of sp³-hybridized carbons (Fsp3) is 0.833. The van der Waals surface area contributed by atoms with Crippen LogP contribution in [-0.2, 0) is 9.53 Å². The molecule has 0 spiro atoms. The van der Waals surface area contributed by atoms with E-state index in [0.29, 0.717) is 6.61 Å². The predicted molar refractivity (Wildman–Crippen MR) is 103 cm³/mol. The number of ether oxygens (including phenoxy) is 1. The Bertz CT molecular complexity index is 278. The standard InChI is InChI=1S/C18H32Br2O2/c1-2-3-4-5-6-7-8-9-10-11-12-13-14-15-16-22-18(21)17(19)20/h5-6,17H,2-4,7-16H2,1H3/b6-5-. The molecule has 2 nitrogen and oxygen atoms in total. The minimum atomic E-state index is -0.374. The van der Waals surface area contributed by atoms with Gasteiger partial charge in [0.05, 0.1) is 6.61 Å².